The standard InChI is InChI=1S/C30H17N/c1-2-8-18(9-3-1)19-14-15-23-20-10-4-5-11-21(20)24-16-17-25-22-12-6-7-13-26(22)31-29(19)27(23)28(24)30(25)31/h1-17H. The molecule has 2 heterocycles. The molecule has 8 aromatic rings. The Morgan fingerprint density at radius 3 is 1.74 bits per heavy atom. The summed E-state index contributed by atoms with van der Waals surface area (Å²) >= 11 is 0. The highest BCUT2D eigenvalue weighted by atomic mass is 14.9. The van der Waals surface area contributed by atoms with Crippen LogP contribution in [-0.4, -0.2) is 4.40 Å². The molecule has 0 N–H and O–H groups in total. The number of hydrogen-bond acceptors (Lipinski definition) is 0. The first-order chi connectivity index (χ1) is 15.4. The number of hydrogen-bond donors (Lipinski definition) is 0. The molecule has 0 aliphatic rings. The van der Waals surface area contributed by atoms with Gasteiger partial charge in [-0.25, -0.2) is 0 Å². The predicted octanol–water partition coefficient (Wildman–Crippen LogP) is 8.25. The van der Waals surface area contributed by atoms with Crippen molar-refractivity contribution in [2.75, 3.05) is 0 Å². The molecule has 0 saturated carbocycles. The molecular formula is C30H17N. The van der Waals surface area contributed by atoms with E-state index in [0.717, 1.165) is 0 Å². The van der Waals surface area contributed by atoms with Crippen LogP contribution in [0, 0.1) is 0 Å². The maximum absolute atomic E-state index is 2.52. The first kappa shape index (κ1) is 15.7. The second kappa shape index (κ2) is 5.33. The van der Waals surface area contributed by atoms with Gasteiger partial charge in [-0.05, 0) is 33.2 Å². The largest absolute Gasteiger partial charge is 0.307 e. The van der Waals surface area contributed by atoms with E-state index in [1.54, 1.807) is 0 Å². The molecule has 142 valence electrons. The molecule has 0 bridgehead atoms. The molecule has 0 aliphatic carbocycles. The van der Waals surface area contributed by atoms with Crippen LogP contribution in [0.5, 0.6) is 0 Å². The molecule has 0 fully saturated rings. The highest BCUT2D eigenvalue weighted by molar-refractivity contribution is 6.39. The minimum atomic E-state index is 1.26. The Bertz CT molecular complexity index is 1920. The highest BCUT2D eigenvalue weighted by Gasteiger charge is 2.24. The summed E-state index contributed by atoms with van der Waals surface area (Å²) in [7, 11) is 0. The fourth-order valence-electron chi connectivity index (χ4n) is 5.87. The summed E-state index contributed by atoms with van der Waals surface area (Å²) in [4.78, 5) is 0. The minimum Gasteiger partial charge on any atom is -0.307 e. The molecule has 0 unspecified atom stereocenters. The number of rotatable bonds is 1. The van der Waals surface area contributed by atoms with Gasteiger partial charge in [0.15, 0.2) is 0 Å². The Morgan fingerprint density at radius 2 is 0.968 bits per heavy atom. The van der Waals surface area contributed by atoms with Crippen LogP contribution in [0.2, 0.25) is 0 Å². The van der Waals surface area contributed by atoms with Gasteiger partial charge in [-0.1, -0.05) is 97.1 Å². The Morgan fingerprint density at radius 1 is 0.387 bits per heavy atom. The SMILES string of the molecule is c1ccc(-c2ccc3c4ccccc4c4ccc5c6ccccc6n6c2c3c4c56)cc1. The minimum absolute atomic E-state index is 1.26. The molecule has 1 nitrogen and oxygen atoms in total. The number of benzene rings is 6. The van der Waals surface area contributed by atoms with Crippen LogP contribution in [-0.2, 0) is 0 Å². The molecule has 0 amide bonds. The third-order valence-electron chi connectivity index (χ3n) is 7.08. The van der Waals surface area contributed by atoms with Crippen molar-refractivity contribution in [3.8, 4) is 11.1 Å². The topological polar surface area (TPSA) is 4.41 Å². The van der Waals surface area contributed by atoms with E-state index >= 15 is 0 Å². The second-order valence-electron chi connectivity index (χ2n) is 8.53. The number of para-hydroxylation sites is 1. The summed E-state index contributed by atoms with van der Waals surface area (Å²) in [5, 5.41) is 10.8. The molecule has 0 aliphatic heterocycles. The summed E-state index contributed by atoms with van der Waals surface area (Å²) in [6, 6.07) is 37.8. The third kappa shape index (κ3) is 1.75. The second-order valence-corrected chi connectivity index (χ2v) is 8.53. The van der Waals surface area contributed by atoms with E-state index in [2.05, 4.69) is 108 Å². The van der Waals surface area contributed by atoms with Crippen LogP contribution in [0.4, 0.5) is 0 Å². The average Bonchev–Trinajstić information content (AvgIpc) is 3.37. The Kier molecular flexibility index (Phi) is 2.70. The highest BCUT2D eigenvalue weighted by Crippen LogP contribution is 2.49. The van der Waals surface area contributed by atoms with E-state index in [4.69, 9.17) is 0 Å². The van der Waals surface area contributed by atoms with Gasteiger partial charge in [0.05, 0.1) is 16.6 Å². The smallest absolute Gasteiger partial charge is 0.0627 e. The number of aromatic nitrogens is 1. The molecule has 8 rings (SSSR count). The summed E-state index contributed by atoms with van der Waals surface area (Å²) < 4.78 is 2.52. The fourth-order valence-corrected chi connectivity index (χ4v) is 5.87. The summed E-state index contributed by atoms with van der Waals surface area (Å²) in [6.45, 7) is 0. The van der Waals surface area contributed by atoms with Gasteiger partial charge in [0.25, 0.3) is 0 Å². The summed E-state index contributed by atoms with van der Waals surface area (Å²) in [5.74, 6) is 0. The number of nitrogens with zero attached hydrogens (tertiary/aromatic N) is 1. The first-order valence-corrected chi connectivity index (χ1v) is 10.8. The molecule has 0 radical (unpaired) electrons. The van der Waals surface area contributed by atoms with Crippen LogP contribution in [0.25, 0.3) is 70.8 Å². The van der Waals surface area contributed by atoms with Gasteiger partial charge in [0.2, 0.25) is 0 Å². The van der Waals surface area contributed by atoms with Crippen molar-refractivity contribution in [2.24, 2.45) is 0 Å². The van der Waals surface area contributed by atoms with Crippen molar-refractivity contribution in [3.05, 3.63) is 103 Å². The van der Waals surface area contributed by atoms with Gasteiger partial charge in [-0.15, -0.1) is 0 Å². The van der Waals surface area contributed by atoms with E-state index in [1.165, 1.54) is 70.8 Å². The van der Waals surface area contributed by atoms with E-state index < -0.39 is 0 Å². The maximum atomic E-state index is 2.52. The Hall–Kier alpha value is -4.10. The van der Waals surface area contributed by atoms with Gasteiger partial charge in [-0.3, -0.25) is 0 Å². The lowest BCUT2D eigenvalue weighted by atomic mass is 9.91. The molecule has 0 saturated heterocycles. The van der Waals surface area contributed by atoms with Gasteiger partial charge in [0.1, 0.15) is 0 Å². The maximum Gasteiger partial charge on any atom is 0.0627 e. The lowest BCUT2D eigenvalue weighted by molar-refractivity contribution is 1.37. The van der Waals surface area contributed by atoms with Crippen molar-refractivity contribution in [1.29, 1.82) is 0 Å². The molecule has 31 heavy (non-hydrogen) atoms. The van der Waals surface area contributed by atoms with E-state index in [-0.39, 0.29) is 0 Å². The van der Waals surface area contributed by atoms with Crippen molar-refractivity contribution in [3.63, 3.8) is 0 Å². The Labute approximate surface area is 178 Å². The number of fused-ring (bicyclic) bond motifs is 7. The summed E-state index contributed by atoms with van der Waals surface area (Å²) in [5.41, 5.74) is 6.53. The normalized spacial score (nSPS) is 12.5. The molecule has 6 aromatic carbocycles. The molecule has 0 atom stereocenters. The zero-order valence-corrected chi connectivity index (χ0v) is 16.8. The predicted molar refractivity (Wildman–Crippen MR) is 133 cm³/mol. The first-order valence-electron chi connectivity index (χ1n) is 10.8. The zero-order chi connectivity index (χ0) is 20.1. The lowest BCUT2D eigenvalue weighted by Gasteiger charge is -2.12. The third-order valence-corrected chi connectivity index (χ3v) is 7.08. The van der Waals surface area contributed by atoms with E-state index in [1.807, 2.05) is 0 Å². The summed E-state index contributed by atoms with van der Waals surface area (Å²) in [6.07, 6.45) is 0. The van der Waals surface area contributed by atoms with Crippen LogP contribution in [0.3, 0.4) is 0 Å². The van der Waals surface area contributed by atoms with Gasteiger partial charge in [-0.2, -0.15) is 0 Å². The van der Waals surface area contributed by atoms with E-state index in [9.17, 15) is 0 Å². The van der Waals surface area contributed by atoms with Gasteiger partial charge in [0, 0.05) is 27.1 Å². The quantitative estimate of drug-likeness (QED) is 0.248. The van der Waals surface area contributed by atoms with Gasteiger partial charge < -0.3 is 4.40 Å². The van der Waals surface area contributed by atoms with Crippen molar-refractivity contribution < 1.29 is 0 Å². The molecule has 0 spiro atoms. The van der Waals surface area contributed by atoms with Crippen molar-refractivity contribution >= 4 is 59.6 Å². The average molecular weight is 391 g/mol. The van der Waals surface area contributed by atoms with Crippen molar-refractivity contribution in [2.45, 2.75) is 0 Å². The van der Waals surface area contributed by atoms with Gasteiger partial charge >= 0.3 is 0 Å². The molecular weight excluding hydrogens is 374 g/mol. The lowest BCUT2D eigenvalue weighted by Crippen LogP contribution is -1.87. The van der Waals surface area contributed by atoms with Crippen molar-refractivity contribution in [1.82, 2.24) is 4.40 Å². The molecule has 2 aromatic heterocycles. The van der Waals surface area contributed by atoms with Crippen LogP contribution in [0.15, 0.2) is 103 Å². The van der Waals surface area contributed by atoms with Crippen LogP contribution < -0.4 is 0 Å². The van der Waals surface area contributed by atoms with E-state index in [0.29, 0.717) is 0 Å². The monoisotopic (exact) mass is 391 g/mol. The van der Waals surface area contributed by atoms with Crippen LogP contribution in [0.1, 0.15) is 0 Å². The fraction of sp³-hybridized carbons (Fsp3) is 0. The van der Waals surface area contributed by atoms with Crippen LogP contribution >= 0.6 is 0 Å². The molecule has 1 heteroatoms. The zero-order valence-electron chi connectivity index (χ0n) is 16.8. The Balaban J connectivity index is 1.80.